The van der Waals surface area contributed by atoms with Gasteiger partial charge < -0.3 is 34.9 Å². The van der Waals surface area contributed by atoms with E-state index in [1.54, 1.807) is 0 Å². The van der Waals surface area contributed by atoms with Gasteiger partial charge in [0.25, 0.3) is 0 Å². The van der Waals surface area contributed by atoms with Gasteiger partial charge >= 0.3 is 21.3 Å². The molecule has 1 fully saturated rings. The number of amides is 1. The van der Waals surface area contributed by atoms with Crippen molar-refractivity contribution in [3.05, 3.63) is 22.7 Å². The smallest absolute Gasteiger partial charge is 0.387 e. The highest BCUT2D eigenvalue weighted by Gasteiger charge is 2.45. The van der Waals surface area contributed by atoms with Gasteiger partial charge in [-0.15, -0.1) is 0 Å². The average molecular weight is 445 g/mol. The van der Waals surface area contributed by atoms with Gasteiger partial charge in [-0.3, -0.25) is 13.9 Å². The Labute approximate surface area is 156 Å². The predicted octanol–water partition coefficient (Wildman–Crippen LogP) is -1.95. The Balaban J connectivity index is 2.10. The lowest BCUT2D eigenvalue weighted by Crippen LogP contribution is -2.36. The minimum atomic E-state index is -5.33. The SMILES string of the molecule is CC(=O)Nc1ccn([C@@H]2O[C@H](COP(=O)(O)OP(=O)(O)O)C(O)[C@@H]2O)c(=O)n1. The van der Waals surface area contributed by atoms with Crippen molar-refractivity contribution in [2.24, 2.45) is 0 Å². The van der Waals surface area contributed by atoms with Gasteiger partial charge in [-0.25, -0.2) is 13.9 Å². The number of carbonyl (C=O) groups is 1. The van der Waals surface area contributed by atoms with Crippen molar-refractivity contribution in [1.29, 1.82) is 0 Å². The summed E-state index contributed by atoms with van der Waals surface area (Å²) in [5.41, 5.74) is -0.943. The average Bonchev–Trinajstić information content (AvgIpc) is 2.78. The molecule has 1 aliphatic heterocycles. The molecule has 0 aromatic carbocycles. The zero-order valence-corrected chi connectivity index (χ0v) is 15.8. The minimum absolute atomic E-state index is 0.0579. The highest BCUT2D eigenvalue weighted by Crippen LogP contribution is 2.57. The van der Waals surface area contributed by atoms with Crippen molar-refractivity contribution in [2.75, 3.05) is 11.9 Å². The third-order valence-corrected chi connectivity index (χ3v) is 5.51. The van der Waals surface area contributed by atoms with E-state index in [0.29, 0.717) is 0 Å². The Morgan fingerprint density at radius 1 is 1.32 bits per heavy atom. The molecule has 0 bridgehead atoms. The van der Waals surface area contributed by atoms with E-state index in [9.17, 15) is 33.8 Å². The van der Waals surface area contributed by atoms with Gasteiger partial charge in [0.2, 0.25) is 5.91 Å². The van der Waals surface area contributed by atoms with Crippen LogP contribution in [0.1, 0.15) is 13.2 Å². The number of phosphoric acid groups is 2. The zero-order chi connectivity index (χ0) is 21.3. The fourth-order valence-electron chi connectivity index (χ4n) is 2.28. The summed E-state index contributed by atoms with van der Waals surface area (Å²) in [5, 5.41) is 22.3. The highest BCUT2D eigenvalue weighted by molar-refractivity contribution is 7.60. The van der Waals surface area contributed by atoms with Crippen LogP contribution < -0.4 is 11.0 Å². The van der Waals surface area contributed by atoms with Crippen LogP contribution in [0.25, 0.3) is 0 Å². The Hall–Kier alpha value is -1.51. The normalized spacial score (nSPS) is 27.4. The van der Waals surface area contributed by atoms with Crippen LogP contribution >= 0.6 is 15.6 Å². The third kappa shape index (κ3) is 5.99. The molecule has 1 aromatic heterocycles. The number of aromatic nitrogens is 2. The number of anilines is 1. The van der Waals surface area contributed by atoms with Crippen LogP contribution in [0.3, 0.4) is 0 Å². The molecule has 1 saturated heterocycles. The van der Waals surface area contributed by atoms with Gasteiger partial charge in [0.15, 0.2) is 6.23 Å². The van der Waals surface area contributed by atoms with Gasteiger partial charge in [-0.1, -0.05) is 0 Å². The molecule has 1 aliphatic rings. The lowest BCUT2D eigenvalue weighted by atomic mass is 10.1. The summed E-state index contributed by atoms with van der Waals surface area (Å²) in [6.07, 6.45) is -5.17. The summed E-state index contributed by atoms with van der Waals surface area (Å²) in [4.78, 5) is 52.8. The number of aliphatic hydroxyl groups is 2. The number of hydrogen-bond acceptors (Lipinski definition) is 10. The highest BCUT2D eigenvalue weighted by atomic mass is 31.3. The van der Waals surface area contributed by atoms with Crippen LogP contribution in [0.5, 0.6) is 0 Å². The van der Waals surface area contributed by atoms with Gasteiger partial charge in [-0.2, -0.15) is 9.29 Å². The van der Waals surface area contributed by atoms with Crippen molar-refractivity contribution in [2.45, 2.75) is 31.5 Å². The molecule has 0 spiro atoms. The van der Waals surface area contributed by atoms with Crippen LogP contribution in [0.4, 0.5) is 5.82 Å². The van der Waals surface area contributed by atoms with E-state index in [0.717, 1.165) is 10.8 Å². The minimum Gasteiger partial charge on any atom is -0.387 e. The molecule has 6 N–H and O–H groups in total. The Morgan fingerprint density at radius 3 is 2.50 bits per heavy atom. The van der Waals surface area contributed by atoms with Crippen molar-refractivity contribution in [1.82, 2.24) is 9.55 Å². The number of ether oxygens (including phenoxy) is 1. The van der Waals surface area contributed by atoms with E-state index in [1.165, 1.54) is 13.0 Å². The first-order valence-electron chi connectivity index (χ1n) is 7.42. The lowest BCUT2D eigenvalue weighted by Gasteiger charge is -2.18. The van der Waals surface area contributed by atoms with Crippen LogP contribution in [0, 0.1) is 0 Å². The summed E-state index contributed by atoms with van der Waals surface area (Å²) in [7, 11) is -10.5. The number of nitrogens with zero attached hydrogens (tertiary/aromatic N) is 2. The summed E-state index contributed by atoms with van der Waals surface area (Å²) in [5.74, 6) is -0.530. The van der Waals surface area contributed by atoms with E-state index in [1.807, 2.05) is 0 Å². The molecular weight excluding hydrogens is 428 g/mol. The van der Waals surface area contributed by atoms with Crippen LogP contribution in [-0.2, 0) is 27.5 Å². The molecule has 17 heteroatoms. The van der Waals surface area contributed by atoms with Gasteiger partial charge in [0, 0.05) is 13.1 Å². The standard InChI is InChI=1S/C11H17N3O12P2/c1-5(15)12-7-2-3-14(11(18)13-7)10-9(17)8(16)6(25-10)4-24-28(22,23)26-27(19,20)21/h2-3,6,8-10,16-17H,4H2,1H3,(H,22,23)(H2,19,20,21)(H,12,13,15,18)/t6-,8?,9+,10-/m1/s1. The molecule has 158 valence electrons. The molecule has 0 radical (unpaired) electrons. The largest absolute Gasteiger partial charge is 0.481 e. The maximum absolute atomic E-state index is 12.0. The Kier molecular flexibility index (Phi) is 6.89. The molecule has 2 heterocycles. The molecule has 1 amide bonds. The fraction of sp³-hybridized carbons (Fsp3) is 0.545. The first-order valence-corrected chi connectivity index (χ1v) is 10.4. The quantitative estimate of drug-likeness (QED) is 0.251. The number of hydrogen-bond donors (Lipinski definition) is 6. The monoisotopic (exact) mass is 445 g/mol. The summed E-state index contributed by atoms with van der Waals surface area (Å²) < 4.78 is 36.0. The number of aliphatic hydroxyl groups excluding tert-OH is 2. The summed E-state index contributed by atoms with van der Waals surface area (Å²) in [6, 6.07) is 1.23. The zero-order valence-electron chi connectivity index (χ0n) is 14.1. The van der Waals surface area contributed by atoms with Crippen LogP contribution in [-0.4, -0.2) is 65.3 Å². The number of carbonyl (C=O) groups excluding carboxylic acids is 1. The van der Waals surface area contributed by atoms with E-state index < -0.39 is 58.4 Å². The molecule has 2 rings (SSSR count). The van der Waals surface area contributed by atoms with Crippen LogP contribution in [0.15, 0.2) is 17.1 Å². The molecule has 0 saturated carbocycles. The molecule has 5 atom stereocenters. The van der Waals surface area contributed by atoms with E-state index >= 15 is 0 Å². The molecular formula is C11H17N3O12P2. The van der Waals surface area contributed by atoms with Gasteiger partial charge in [0.05, 0.1) is 6.61 Å². The number of phosphoric ester groups is 1. The molecule has 15 nitrogen and oxygen atoms in total. The van der Waals surface area contributed by atoms with Crippen LogP contribution in [0.2, 0.25) is 0 Å². The lowest BCUT2D eigenvalue weighted by molar-refractivity contribution is -0.114. The number of nitrogens with one attached hydrogen (secondary N) is 1. The second-order valence-electron chi connectivity index (χ2n) is 5.57. The van der Waals surface area contributed by atoms with Crippen molar-refractivity contribution < 1.29 is 52.4 Å². The van der Waals surface area contributed by atoms with Crippen molar-refractivity contribution >= 4 is 27.4 Å². The number of rotatable bonds is 7. The molecule has 28 heavy (non-hydrogen) atoms. The summed E-state index contributed by atoms with van der Waals surface area (Å²) >= 11 is 0. The van der Waals surface area contributed by atoms with E-state index in [-0.39, 0.29) is 5.82 Å². The Bertz CT molecular complexity index is 884. The predicted molar refractivity (Wildman–Crippen MR) is 87.6 cm³/mol. The first kappa shape index (κ1) is 22.8. The molecule has 0 aliphatic carbocycles. The van der Waals surface area contributed by atoms with E-state index in [2.05, 4.69) is 19.1 Å². The summed E-state index contributed by atoms with van der Waals surface area (Å²) in [6.45, 7) is 0.294. The molecule has 2 unspecified atom stereocenters. The van der Waals surface area contributed by atoms with Gasteiger partial charge in [-0.05, 0) is 6.07 Å². The Morgan fingerprint density at radius 2 is 1.96 bits per heavy atom. The second-order valence-corrected chi connectivity index (χ2v) is 8.40. The van der Waals surface area contributed by atoms with Crippen molar-refractivity contribution in [3.8, 4) is 0 Å². The maximum atomic E-state index is 12.0. The maximum Gasteiger partial charge on any atom is 0.481 e. The molecule has 1 aromatic rings. The topological polar surface area (TPSA) is 227 Å². The van der Waals surface area contributed by atoms with E-state index in [4.69, 9.17) is 14.5 Å². The van der Waals surface area contributed by atoms with Crippen molar-refractivity contribution in [3.63, 3.8) is 0 Å². The third-order valence-electron chi connectivity index (χ3n) is 3.36. The second kappa shape index (κ2) is 8.47. The van der Waals surface area contributed by atoms with Gasteiger partial charge in [0.1, 0.15) is 24.1 Å². The fourth-order valence-corrected chi connectivity index (χ4v) is 3.88. The first-order chi connectivity index (χ1) is 12.8.